The molecule has 2 aliphatic heterocycles. The Morgan fingerprint density at radius 3 is 2.52 bits per heavy atom. The fourth-order valence-corrected chi connectivity index (χ4v) is 4.02. The Bertz CT molecular complexity index is 469. The van der Waals surface area contributed by atoms with Gasteiger partial charge in [-0.15, -0.1) is 0 Å². The fraction of sp³-hybridized carbons (Fsp3) is 0.765. The van der Waals surface area contributed by atoms with Crippen molar-refractivity contribution in [3.05, 3.63) is 11.1 Å². The van der Waals surface area contributed by atoms with Crippen molar-refractivity contribution >= 4 is 11.8 Å². The normalized spacial score (nSPS) is 27.5. The van der Waals surface area contributed by atoms with Crippen LogP contribution in [0.2, 0.25) is 0 Å². The first kappa shape index (κ1) is 14.6. The van der Waals surface area contributed by atoms with Crippen LogP contribution < -0.4 is 0 Å². The topological polar surface area (TPSA) is 40.6 Å². The van der Waals surface area contributed by atoms with Gasteiger partial charge in [0.25, 0.3) is 0 Å². The Balaban J connectivity index is 1.62. The number of amides is 2. The lowest BCUT2D eigenvalue weighted by Gasteiger charge is -2.27. The second-order valence-electron chi connectivity index (χ2n) is 6.68. The van der Waals surface area contributed by atoms with Crippen LogP contribution in [0, 0.1) is 0 Å². The summed E-state index contributed by atoms with van der Waals surface area (Å²) in [5.74, 6) is 0.576. The monoisotopic (exact) mass is 290 g/mol. The molecule has 2 saturated heterocycles. The van der Waals surface area contributed by atoms with Gasteiger partial charge >= 0.3 is 0 Å². The third-order valence-corrected chi connectivity index (χ3v) is 5.29. The van der Waals surface area contributed by atoms with Gasteiger partial charge in [-0.2, -0.15) is 0 Å². The molecule has 0 aromatic heterocycles. The number of carbonyl (C=O) groups excluding carboxylic acids is 2. The number of hydrogen-bond donors (Lipinski definition) is 0. The molecule has 0 spiro atoms. The van der Waals surface area contributed by atoms with E-state index in [9.17, 15) is 9.59 Å². The number of carbonyl (C=O) groups is 2. The van der Waals surface area contributed by atoms with Crippen LogP contribution in [0.1, 0.15) is 58.3 Å². The molecule has 1 atom stereocenters. The van der Waals surface area contributed by atoms with Gasteiger partial charge in [0.05, 0.1) is 0 Å². The number of rotatable bonds is 2. The van der Waals surface area contributed by atoms with Gasteiger partial charge in [0.1, 0.15) is 0 Å². The van der Waals surface area contributed by atoms with E-state index < -0.39 is 0 Å². The maximum absolute atomic E-state index is 12.6. The molecule has 4 heteroatoms. The molecule has 2 amide bonds. The van der Waals surface area contributed by atoms with Crippen LogP contribution in [0.3, 0.4) is 0 Å². The summed E-state index contributed by atoms with van der Waals surface area (Å²) in [6.07, 6.45) is 7.90. The molecule has 21 heavy (non-hydrogen) atoms. The molecular weight excluding hydrogens is 264 g/mol. The van der Waals surface area contributed by atoms with E-state index >= 15 is 0 Å². The highest BCUT2D eigenvalue weighted by Gasteiger charge is 2.31. The van der Waals surface area contributed by atoms with E-state index in [0.717, 1.165) is 70.2 Å². The first-order chi connectivity index (χ1) is 10.2. The number of hydrogen-bond acceptors (Lipinski definition) is 2. The van der Waals surface area contributed by atoms with Gasteiger partial charge in [0, 0.05) is 37.7 Å². The quantitative estimate of drug-likeness (QED) is 0.784. The first-order valence-corrected chi connectivity index (χ1v) is 8.44. The molecule has 2 fully saturated rings. The van der Waals surface area contributed by atoms with Crippen molar-refractivity contribution in [3.8, 4) is 0 Å². The molecule has 0 radical (unpaired) electrons. The molecule has 0 aromatic carbocycles. The predicted molar refractivity (Wildman–Crippen MR) is 81.7 cm³/mol. The van der Waals surface area contributed by atoms with Crippen LogP contribution >= 0.6 is 0 Å². The highest BCUT2D eigenvalue weighted by Crippen LogP contribution is 2.28. The highest BCUT2D eigenvalue weighted by atomic mass is 16.2. The van der Waals surface area contributed by atoms with E-state index in [4.69, 9.17) is 0 Å². The zero-order chi connectivity index (χ0) is 14.8. The van der Waals surface area contributed by atoms with Crippen molar-refractivity contribution < 1.29 is 9.59 Å². The predicted octanol–water partition coefficient (Wildman–Crippen LogP) is 2.49. The Morgan fingerprint density at radius 1 is 1.00 bits per heavy atom. The van der Waals surface area contributed by atoms with Crippen molar-refractivity contribution in [3.63, 3.8) is 0 Å². The smallest absolute Gasteiger partial charge is 0.249 e. The van der Waals surface area contributed by atoms with Crippen molar-refractivity contribution in [2.75, 3.05) is 19.6 Å². The minimum Gasteiger partial charge on any atom is -0.340 e. The van der Waals surface area contributed by atoms with Gasteiger partial charge in [-0.25, -0.2) is 0 Å². The van der Waals surface area contributed by atoms with Crippen LogP contribution in [0.4, 0.5) is 0 Å². The molecule has 0 aromatic rings. The molecule has 0 bridgehead atoms. The van der Waals surface area contributed by atoms with Crippen LogP contribution in [-0.4, -0.2) is 47.3 Å². The molecule has 116 valence electrons. The average molecular weight is 290 g/mol. The van der Waals surface area contributed by atoms with Crippen LogP contribution in [-0.2, 0) is 9.59 Å². The summed E-state index contributed by atoms with van der Waals surface area (Å²) < 4.78 is 0. The van der Waals surface area contributed by atoms with Gasteiger partial charge in [0.15, 0.2) is 0 Å². The van der Waals surface area contributed by atoms with Crippen molar-refractivity contribution in [2.24, 2.45) is 0 Å². The summed E-state index contributed by atoms with van der Waals surface area (Å²) in [7, 11) is 0. The molecule has 0 saturated carbocycles. The lowest BCUT2D eigenvalue weighted by Crippen LogP contribution is -2.38. The summed E-state index contributed by atoms with van der Waals surface area (Å²) in [4.78, 5) is 28.6. The van der Waals surface area contributed by atoms with E-state index in [0.29, 0.717) is 18.4 Å². The second kappa shape index (κ2) is 6.20. The Hall–Kier alpha value is -1.32. The van der Waals surface area contributed by atoms with Gasteiger partial charge in [-0.1, -0.05) is 5.57 Å². The van der Waals surface area contributed by atoms with Gasteiger partial charge in [-0.3, -0.25) is 9.59 Å². The minimum atomic E-state index is 0.262. The zero-order valence-electron chi connectivity index (χ0n) is 13.1. The molecule has 0 N–H and O–H groups in total. The standard InChI is InChI=1S/C17H26N2O2/c1-13-5-2-7-15(13)17(21)18-10-3-6-14(9-12-18)19-11-4-8-16(19)20/h14H,2-12H2,1H3. The maximum Gasteiger partial charge on any atom is 0.249 e. The summed E-state index contributed by atoms with van der Waals surface area (Å²) in [5, 5.41) is 0. The van der Waals surface area contributed by atoms with E-state index in [2.05, 4.69) is 11.8 Å². The fourth-order valence-electron chi connectivity index (χ4n) is 4.02. The van der Waals surface area contributed by atoms with Crippen molar-refractivity contribution in [1.29, 1.82) is 0 Å². The van der Waals surface area contributed by atoms with Crippen molar-refractivity contribution in [2.45, 2.75) is 64.3 Å². The maximum atomic E-state index is 12.6. The van der Waals surface area contributed by atoms with E-state index in [1.165, 1.54) is 5.57 Å². The summed E-state index contributed by atoms with van der Waals surface area (Å²) in [6.45, 7) is 4.68. The molecule has 2 heterocycles. The van der Waals surface area contributed by atoms with E-state index in [1.807, 2.05) is 4.90 Å². The molecule has 3 rings (SSSR count). The number of likely N-dealkylation sites (tertiary alicyclic amines) is 2. The number of allylic oxidation sites excluding steroid dienone is 1. The SMILES string of the molecule is CC1=C(C(=O)N2CCCC(N3CCCC3=O)CC2)CCC1. The molecular formula is C17H26N2O2. The molecule has 1 aliphatic carbocycles. The highest BCUT2D eigenvalue weighted by molar-refractivity contribution is 5.94. The molecule has 1 unspecified atom stereocenters. The number of nitrogens with zero attached hydrogens (tertiary/aromatic N) is 2. The second-order valence-corrected chi connectivity index (χ2v) is 6.68. The Kier molecular flexibility index (Phi) is 4.32. The summed E-state index contributed by atoms with van der Waals surface area (Å²) in [6, 6.07) is 0.358. The van der Waals surface area contributed by atoms with Gasteiger partial charge in [0.2, 0.25) is 11.8 Å². The van der Waals surface area contributed by atoms with Crippen LogP contribution in [0.15, 0.2) is 11.1 Å². The Labute approximate surface area is 127 Å². The lowest BCUT2D eigenvalue weighted by molar-refractivity contribution is -0.129. The van der Waals surface area contributed by atoms with Gasteiger partial charge in [-0.05, 0) is 51.9 Å². The van der Waals surface area contributed by atoms with Gasteiger partial charge < -0.3 is 9.80 Å². The largest absolute Gasteiger partial charge is 0.340 e. The minimum absolute atomic E-state index is 0.262. The van der Waals surface area contributed by atoms with E-state index in [1.54, 1.807) is 0 Å². The first-order valence-electron chi connectivity index (χ1n) is 8.44. The zero-order valence-corrected chi connectivity index (χ0v) is 13.1. The molecule has 4 nitrogen and oxygen atoms in total. The molecule has 3 aliphatic rings. The van der Waals surface area contributed by atoms with Crippen LogP contribution in [0.5, 0.6) is 0 Å². The Morgan fingerprint density at radius 2 is 1.86 bits per heavy atom. The lowest BCUT2D eigenvalue weighted by atomic mass is 10.1. The third-order valence-electron chi connectivity index (χ3n) is 5.29. The van der Waals surface area contributed by atoms with Crippen molar-refractivity contribution in [1.82, 2.24) is 9.80 Å². The van der Waals surface area contributed by atoms with E-state index in [-0.39, 0.29) is 5.91 Å². The summed E-state index contributed by atoms with van der Waals surface area (Å²) >= 11 is 0. The summed E-state index contributed by atoms with van der Waals surface area (Å²) in [5.41, 5.74) is 2.35. The average Bonchev–Trinajstić information content (AvgIpc) is 3.00. The third kappa shape index (κ3) is 2.99. The van der Waals surface area contributed by atoms with Crippen LogP contribution in [0.25, 0.3) is 0 Å².